The van der Waals surface area contributed by atoms with Crippen molar-refractivity contribution in [3.8, 4) is 0 Å². The van der Waals surface area contributed by atoms with Crippen LogP contribution >= 0.6 is 0 Å². The first-order valence-electron chi connectivity index (χ1n) is 13.6. The number of carbonyl (C=O) groups excluding carboxylic acids is 2. The van der Waals surface area contributed by atoms with Gasteiger partial charge in [-0.25, -0.2) is 9.59 Å². The third-order valence-corrected chi connectivity index (χ3v) is 13.0. The fourth-order valence-corrected chi connectivity index (χ4v) is 9.01. The number of aryl methyl sites for hydroxylation is 2. The van der Waals surface area contributed by atoms with Crippen molar-refractivity contribution in [1.82, 2.24) is 4.90 Å². The van der Waals surface area contributed by atoms with Gasteiger partial charge in [0.1, 0.15) is 11.6 Å². The second-order valence-corrected chi connectivity index (χ2v) is 16.3. The van der Waals surface area contributed by atoms with Gasteiger partial charge in [0.05, 0.1) is 15.2 Å². The van der Waals surface area contributed by atoms with Crippen molar-refractivity contribution in [2.75, 3.05) is 14.2 Å². The van der Waals surface area contributed by atoms with Crippen LogP contribution in [0.25, 0.3) is 0 Å². The first-order chi connectivity index (χ1) is 17.4. The van der Waals surface area contributed by atoms with Crippen LogP contribution in [0.4, 0.5) is 4.79 Å². The number of esters is 1. The predicted octanol–water partition coefficient (Wildman–Crippen LogP) is 6.66. The summed E-state index contributed by atoms with van der Waals surface area (Å²) in [4.78, 5) is 26.5. The number of unbranched alkanes of at least 4 members (excludes halogenated alkanes) is 1. The first kappa shape index (κ1) is 30.6. The van der Waals surface area contributed by atoms with Gasteiger partial charge in [-0.2, -0.15) is 0 Å². The highest BCUT2D eigenvalue weighted by Crippen LogP contribution is 2.25. The van der Waals surface area contributed by atoms with E-state index < -0.39 is 31.8 Å². The van der Waals surface area contributed by atoms with Crippen LogP contribution in [0.5, 0.6) is 0 Å². The van der Waals surface area contributed by atoms with E-state index in [0.29, 0.717) is 6.42 Å². The summed E-state index contributed by atoms with van der Waals surface area (Å²) in [6, 6.07) is 20.6. The van der Waals surface area contributed by atoms with Gasteiger partial charge >= 0.3 is 12.1 Å². The zero-order chi connectivity index (χ0) is 27.6. The molecule has 37 heavy (non-hydrogen) atoms. The molecular weight excluding hydrogens is 478 g/mol. The molecule has 0 N–H and O–H groups in total. The molecule has 0 unspecified atom stereocenters. The van der Waals surface area contributed by atoms with Crippen molar-refractivity contribution in [2.45, 2.75) is 97.0 Å². The Bertz CT molecular complexity index is 991. The summed E-state index contributed by atoms with van der Waals surface area (Å²) in [6.07, 6.45) is 3.44. The normalized spacial score (nSPS) is 12.6. The third kappa shape index (κ3) is 9.03. The van der Waals surface area contributed by atoms with Gasteiger partial charge in [0, 0.05) is 13.5 Å². The van der Waals surface area contributed by atoms with Gasteiger partial charge in [-0.15, -0.1) is 0 Å². The van der Waals surface area contributed by atoms with E-state index in [4.69, 9.17) is 9.47 Å². The Morgan fingerprint density at radius 3 is 2.00 bits per heavy atom. The maximum Gasteiger partial charge on any atom is 0.410 e. The minimum Gasteiger partial charge on any atom is -0.467 e. The fourth-order valence-electron chi connectivity index (χ4n) is 4.90. The first-order valence-corrected chi connectivity index (χ1v) is 16.3. The van der Waals surface area contributed by atoms with Crippen LogP contribution in [-0.4, -0.2) is 50.8 Å². The van der Waals surface area contributed by atoms with E-state index >= 15 is 0 Å². The molecule has 2 rings (SSSR count). The number of carbonyl (C=O) groups is 2. The molecule has 1 amide bonds. The number of hydrogen-bond donors (Lipinski definition) is 0. The quantitative estimate of drug-likeness (QED) is 0.177. The van der Waals surface area contributed by atoms with E-state index in [1.165, 1.54) is 59.3 Å². The molecule has 0 heterocycles. The molecule has 0 aromatic heterocycles. The van der Waals surface area contributed by atoms with Crippen molar-refractivity contribution in [1.29, 1.82) is 0 Å². The van der Waals surface area contributed by atoms with Gasteiger partial charge < -0.3 is 9.47 Å². The van der Waals surface area contributed by atoms with Crippen LogP contribution in [0.3, 0.4) is 0 Å². The summed E-state index contributed by atoms with van der Waals surface area (Å²) in [5.41, 5.74) is 3.10. The molecule has 0 spiro atoms. The third-order valence-electron chi connectivity index (χ3n) is 7.46. The standard InChI is InChI=1S/C31H47NO4Si/c1-9-37(10-2,22-12-11-13-25-16-14-24(3)15-17-25)27-20-18-26(19-21-27)23-28(29(33)35-8)32(7)30(34)36-31(4,5)6/h14-21,28H,9-13,22-23H2,1-8H3/t28-/m0/s1. The lowest BCUT2D eigenvalue weighted by atomic mass is 10.1. The smallest absolute Gasteiger partial charge is 0.410 e. The number of hydrogen-bond acceptors (Lipinski definition) is 4. The summed E-state index contributed by atoms with van der Waals surface area (Å²) in [7, 11) is 1.34. The molecule has 2 aromatic carbocycles. The van der Waals surface area contributed by atoms with Gasteiger partial charge in [0.25, 0.3) is 0 Å². The Balaban J connectivity index is 2.09. The van der Waals surface area contributed by atoms with Crippen LogP contribution in [-0.2, 0) is 27.1 Å². The summed E-state index contributed by atoms with van der Waals surface area (Å²) in [5, 5.41) is 1.48. The highest BCUT2D eigenvalue weighted by Gasteiger charge is 2.33. The van der Waals surface area contributed by atoms with Crippen molar-refractivity contribution in [3.05, 3.63) is 65.2 Å². The molecule has 0 bridgehead atoms. The van der Waals surface area contributed by atoms with E-state index in [1.54, 1.807) is 7.05 Å². The van der Waals surface area contributed by atoms with E-state index in [1.807, 2.05) is 20.8 Å². The molecule has 1 atom stereocenters. The van der Waals surface area contributed by atoms with Gasteiger partial charge in [0.2, 0.25) is 0 Å². The highest BCUT2D eigenvalue weighted by atomic mass is 28.3. The van der Waals surface area contributed by atoms with Gasteiger partial charge in [-0.05, 0) is 51.7 Å². The Kier molecular flexibility index (Phi) is 11.4. The van der Waals surface area contributed by atoms with Crippen molar-refractivity contribution < 1.29 is 19.1 Å². The Hall–Kier alpha value is -2.60. The minimum atomic E-state index is -1.60. The van der Waals surface area contributed by atoms with Crippen molar-refractivity contribution in [3.63, 3.8) is 0 Å². The molecule has 0 aliphatic heterocycles. The number of nitrogens with zero attached hydrogens (tertiary/aromatic N) is 1. The largest absolute Gasteiger partial charge is 0.467 e. The summed E-state index contributed by atoms with van der Waals surface area (Å²) in [6.45, 7) is 12.2. The van der Waals surface area contributed by atoms with Crippen LogP contribution in [0, 0.1) is 6.92 Å². The van der Waals surface area contributed by atoms with Crippen molar-refractivity contribution in [2.24, 2.45) is 0 Å². The Labute approximate surface area is 225 Å². The lowest BCUT2D eigenvalue weighted by molar-refractivity contribution is -0.146. The lowest BCUT2D eigenvalue weighted by Crippen LogP contribution is -2.47. The molecule has 204 valence electrons. The predicted molar refractivity (Wildman–Crippen MR) is 155 cm³/mol. The topological polar surface area (TPSA) is 55.8 Å². The maximum atomic E-state index is 12.6. The number of rotatable bonds is 12. The second-order valence-electron chi connectivity index (χ2n) is 11.2. The molecule has 0 fully saturated rings. The van der Waals surface area contributed by atoms with E-state index in [0.717, 1.165) is 12.0 Å². The lowest BCUT2D eigenvalue weighted by Gasteiger charge is -2.31. The molecule has 0 aliphatic carbocycles. The van der Waals surface area contributed by atoms with Crippen LogP contribution in [0.15, 0.2) is 48.5 Å². The average Bonchev–Trinajstić information content (AvgIpc) is 2.87. The monoisotopic (exact) mass is 525 g/mol. The van der Waals surface area contributed by atoms with Crippen LogP contribution < -0.4 is 5.19 Å². The fraction of sp³-hybridized carbons (Fsp3) is 0.548. The van der Waals surface area contributed by atoms with E-state index in [9.17, 15) is 9.59 Å². The van der Waals surface area contributed by atoms with Crippen molar-refractivity contribution >= 4 is 25.3 Å². The number of ether oxygens (including phenoxy) is 2. The Morgan fingerprint density at radius 2 is 1.49 bits per heavy atom. The number of benzene rings is 2. The average molecular weight is 526 g/mol. The number of likely N-dealkylation sites (N-methyl/N-ethyl adjacent to an activating group) is 1. The highest BCUT2D eigenvalue weighted by molar-refractivity contribution is 6.91. The summed E-state index contributed by atoms with van der Waals surface area (Å²) >= 11 is 0. The van der Waals surface area contributed by atoms with Crippen LogP contribution in [0.1, 0.15) is 64.2 Å². The van der Waals surface area contributed by atoms with Gasteiger partial charge in [0.15, 0.2) is 0 Å². The minimum absolute atomic E-state index is 0.381. The molecule has 0 saturated heterocycles. The Morgan fingerprint density at radius 1 is 0.919 bits per heavy atom. The number of methoxy groups -OCH3 is 1. The summed E-state index contributed by atoms with van der Waals surface area (Å²) < 4.78 is 10.5. The molecule has 6 heteroatoms. The SMILES string of the molecule is CC[Si](CC)(CCCCc1ccc(C)cc1)c1ccc(C[C@@H](C(=O)OC)N(C)C(=O)OC(C)(C)C)cc1. The van der Waals surface area contributed by atoms with Gasteiger partial charge in [-0.3, -0.25) is 4.90 Å². The molecule has 2 aromatic rings. The number of amides is 1. The molecular formula is C31H47NO4Si. The van der Waals surface area contributed by atoms with Crippen LogP contribution in [0.2, 0.25) is 18.1 Å². The molecule has 0 radical (unpaired) electrons. The van der Waals surface area contributed by atoms with E-state index in [-0.39, 0.29) is 0 Å². The molecule has 5 nitrogen and oxygen atoms in total. The molecule has 0 aliphatic rings. The summed E-state index contributed by atoms with van der Waals surface area (Å²) in [5.74, 6) is -0.447. The zero-order valence-corrected chi connectivity index (χ0v) is 25.2. The van der Waals surface area contributed by atoms with Gasteiger partial charge in [-0.1, -0.05) is 97.7 Å². The second kappa shape index (κ2) is 13.8. The zero-order valence-electron chi connectivity index (χ0n) is 24.2. The maximum absolute atomic E-state index is 12.6. The van der Waals surface area contributed by atoms with E-state index in [2.05, 4.69) is 69.3 Å². The molecule has 0 saturated carbocycles.